The van der Waals surface area contributed by atoms with E-state index in [0.29, 0.717) is 11.3 Å². The van der Waals surface area contributed by atoms with Crippen molar-refractivity contribution in [1.29, 1.82) is 0 Å². The Bertz CT molecular complexity index is 1240. The van der Waals surface area contributed by atoms with Gasteiger partial charge in [0.05, 0.1) is 5.69 Å². The third-order valence-electron chi connectivity index (χ3n) is 3.77. The zero-order valence-corrected chi connectivity index (χ0v) is 15.7. The molecule has 3 aromatic heterocycles. The summed E-state index contributed by atoms with van der Waals surface area (Å²) < 4.78 is 2.52. The molecule has 0 saturated heterocycles. The Morgan fingerprint density at radius 3 is 2.29 bits per heavy atom. The van der Waals surface area contributed by atoms with E-state index in [4.69, 9.17) is 19.8 Å². The van der Waals surface area contributed by atoms with Gasteiger partial charge in [0.25, 0.3) is 5.56 Å². The van der Waals surface area contributed by atoms with Gasteiger partial charge in [-0.15, -0.1) is 0 Å². The van der Waals surface area contributed by atoms with E-state index in [9.17, 15) is 4.79 Å². The molecule has 8 nitrogen and oxygen atoms in total. The highest BCUT2D eigenvalue weighted by Crippen LogP contribution is 2.24. The monoisotopic (exact) mass is 441 g/mol. The van der Waals surface area contributed by atoms with Gasteiger partial charge < -0.3 is 10.2 Å². The predicted octanol–water partition coefficient (Wildman–Crippen LogP) is 2.83. The van der Waals surface area contributed by atoms with Crippen LogP contribution in [0.25, 0.3) is 27.7 Å². The number of fused-ring (bicyclic) bond motifs is 3. The Kier molecular flexibility index (Phi) is 5.46. The maximum Gasteiger partial charge on any atom is 0.414 e. The number of benzene rings is 1. The molecule has 0 atom stereocenters. The smallest absolute Gasteiger partial charge is 0.414 e. The molecule has 0 aliphatic carbocycles. The van der Waals surface area contributed by atoms with Crippen molar-refractivity contribution in [2.45, 2.75) is 0 Å². The van der Waals surface area contributed by atoms with Crippen LogP contribution >= 0.6 is 15.9 Å². The van der Waals surface area contributed by atoms with E-state index >= 15 is 0 Å². The lowest BCUT2D eigenvalue weighted by Crippen LogP contribution is -2.14. The van der Waals surface area contributed by atoms with Crippen molar-refractivity contribution < 1.29 is 19.8 Å². The lowest BCUT2D eigenvalue weighted by Gasteiger charge is -2.07. The van der Waals surface area contributed by atoms with Crippen LogP contribution in [0.15, 0.2) is 70.3 Å². The summed E-state index contributed by atoms with van der Waals surface area (Å²) >= 11 is 3.48. The highest BCUT2D eigenvalue weighted by molar-refractivity contribution is 9.10. The summed E-state index contributed by atoms with van der Waals surface area (Å²) in [6.07, 6.45) is 5.15. The average Bonchev–Trinajstić information content (AvgIpc) is 2.69. The zero-order chi connectivity index (χ0) is 20.3. The molecule has 0 aliphatic heterocycles. The summed E-state index contributed by atoms with van der Waals surface area (Å²) in [6.45, 7) is 0. The highest BCUT2D eigenvalue weighted by atomic mass is 79.9. The predicted molar refractivity (Wildman–Crippen MR) is 105 cm³/mol. The van der Waals surface area contributed by atoms with Crippen LogP contribution in [0.2, 0.25) is 0 Å². The number of aromatic nitrogens is 3. The molecule has 0 bridgehead atoms. The molecule has 0 saturated carbocycles. The Morgan fingerprint density at radius 2 is 1.64 bits per heavy atom. The zero-order valence-electron chi connectivity index (χ0n) is 14.1. The Labute approximate surface area is 165 Å². The quantitative estimate of drug-likeness (QED) is 0.343. The van der Waals surface area contributed by atoms with E-state index in [1.807, 2.05) is 36.4 Å². The molecular weight excluding hydrogens is 430 g/mol. The number of carboxylic acids is 2. The molecule has 140 valence electrons. The van der Waals surface area contributed by atoms with Gasteiger partial charge in [0.15, 0.2) is 0 Å². The summed E-state index contributed by atoms with van der Waals surface area (Å²) in [5, 5.41) is 16.8. The number of halogens is 1. The second-order valence-corrected chi connectivity index (χ2v) is 6.48. The van der Waals surface area contributed by atoms with E-state index < -0.39 is 11.9 Å². The molecule has 2 N–H and O–H groups in total. The van der Waals surface area contributed by atoms with Gasteiger partial charge in [0.2, 0.25) is 0 Å². The van der Waals surface area contributed by atoms with Gasteiger partial charge in [-0.25, -0.2) is 14.6 Å². The number of hydrogen-bond acceptors (Lipinski definition) is 5. The largest absolute Gasteiger partial charge is 0.473 e. The topological polar surface area (TPSA) is 122 Å². The minimum atomic E-state index is -1.82. The van der Waals surface area contributed by atoms with Gasteiger partial charge in [-0.2, -0.15) is 0 Å². The van der Waals surface area contributed by atoms with Crippen molar-refractivity contribution >= 4 is 44.3 Å². The minimum absolute atomic E-state index is 0.0984. The average molecular weight is 442 g/mol. The fourth-order valence-corrected chi connectivity index (χ4v) is 2.88. The van der Waals surface area contributed by atoms with Crippen LogP contribution in [0, 0.1) is 0 Å². The van der Waals surface area contributed by atoms with Crippen molar-refractivity contribution in [2.24, 2.45) is 0 Å². The van der Waals surface area contributed by atoms with E-state index in [2.05, 4.69) is 25.9 Å². The summed E-state index contributed by atoms with van der Waals surface area (Å²) in [6, 6.07) is 13.1. The molecule has 3 heterocycles. The van der Waals surface area contributed by atoms with Gasteiger partial charge >= 0.3 is 11.9 Å². The van der Waals surface area contributed by atoms with Gasteiger partial charge in [0, 0.05) is 40.1 Å². The molecule has 4 rings (SSSR count). The SMILES string of the molecule is O=C(O)C(=O)O.O=c1cc(-c2ccncc2)nc2c3cc(Br)ccc3ccn12. The Morgan fingerprint density at radius 1 is 0.964 bits per heavy atom. The second kappa shape index (κ2) is 7.97. The molecule has 28 heavy (non-hydrogen) atoms. The van der Waals surface area contributed by atoms with Gasteiger partial charge in [-0.1, -0.05) is 22.0 Å². The number of nitrogens with zero attached hydrogens (tertiary/aromatic N) is 3. The summed E-state index contributed by atoms with van der Waals surface area (Å²) in [5.74, 6) is -3.65. The molecular formula is C19H12BrN3O5. The summed E-state index contributed by atoms with van der Waals surface area (Å²) in [5.41, 5.74) is 2.08. The normalized spacial score (nSPS) is 10.3. The molecule has 0 spiro atoms. The summed E-state index contributed by atoms with van der Waals surface area (Å²) in [4.78, 5) is 39.3. The second-order valence-electron chi connectivity index (χ2n) is 5.57. The fourth-order valence-electron chi connectivity index (χ4n) is 2.52. The summed E-state index contributed by atoms with van der Waals surface area (Å²) in [7, 11) is 0. The maximum absolute atomic E-state index is 12.4. The Hall–Kier alpha value is -3.59. The van der Waals surface area contributed by atoms with Gasteiger partial charge in [0.1, 0.15) is 5.65 Å². The van der Waals surface area contributed by atoms with Crippen LogP contribution in [-0.4, -0.2) is 36.5 Å². The van der Waals surface area contributed by atoms with E-state index in [-0.39, 0.29) is 5.56 Å². The Balaban J connectivity index is 0.000000330. The molecule has 1 aromatic carbocycles. The van der Waals surface area contributed by atoms with Gasteiger partial charge in [-0.05, 0) is 35.7 Å². The third kappa shape index (κ3) is 4.04. The first-order valence-electron chi connectivity index (χ1n) is 7.85. The van der Waals surface area contributed by atoms with E-state index in [1.54, 1.807) is 29.1 Å². The van der Waals surface area contributed by atoms with Crippen molar-refractivity contribution in [3.8, 4) is 11.3 Å². The molecule has 4 aromatic rings. The van der Waals surface area contributed by atoms with Crippen LogP contribution in [-0.2, 0) is 9.59 Å². The van der Waals surface area contributed by atoms with Crippen LogP contribution in [0.1, 0.15) is 0 Å². The first kappa shape index (κ1) is 19.2. The van der Waals surface area contributed by atoms with Crippen LogP contribution < -0.4 is 5.56 Å². The minimum Gasteiger partial charge on any atom is -0.473 e. The molecule has 0 radical (unpaired) electrons. The van der Waals surface area contributed by atoms with Crippen molar-refractivity contribution in [2.75, 3.05) is 0 Å². The molecule has 0 amide bonds. The van der Waals surface area contributed by atoms with Gasteiger partial charge in [-0.3, -0.25) is 14.2 Å². The fraction of sp³-hybridized carbons (Fsp3) is 0. The van der Waals surface area contributed by atoms with Crippen LogP contribution in [0.5, 0.6) is 0 Å². The number of pyridine rings is 2. The number of hydrogen-bond donors (Lipinski definition) is 2. The number of rotatable bonds is 1. The first-order valence-corrected chi connectivity index (χ1v) is 8.64. The molecule has 0 fully saturated rings. The number of carbonyl (C=O) groups is 2. The third-order valence-corrected chi connectivity index (χ3v) is 4.26. The van der Waals surface area contributed by atoms with Crippen LogP contribution in [0.3, 0.4) is 0 Å². The first-order chi connectivity index (χ1) is 13.4. The van der Waals surface area contributed by atoms with Crippen molar-refractivity contribution in [3.63, 3.8) is 0 Å². The van der Waals surface area contributed by atoms with Crippen LogP contribution in [0.4, 0.5) is 0 Å². The highest BCUT2D eigenvalue weighted by Gasteiger charge is 2.08. The lowest BCUT2D eigenvalue weighted by molar-refractivity contribution is -0.159. The lowest BCUT2D eigenvalue weighted by atomic mass is 10.1. The number of carboxylic acid groups (broad SMARTS) is 2. The van der Waals surface area contributed by atoms with Crippen molar-refractivity contribution in [3.05, 3.63) is 75.9 Å². The molecule has 9 heteroatoms. The van der Waals surface area contributed by atoms with Crippen molar-refractivity contribution in [1.82, 2.24) is 14.4 Å². The van der Waals surface area contributed by atoms with E-state index in [0.717, 1.165) is 20.8 Å². The molecule has 0 unspecified atom stereocenters. The standard InChI is InChI=1S/C17H10BrN3O.C2H2O4/c18-13-2-1-11-5-8-21-16(22)10-15(12-3-6-19-7-4-12)20-17(21)14(11)9-13;3-1(4)2(5)6/h1-10H;(H,3,4)(H,5,6). The maximum atomic E-state index is 12.4. The van der Waals surface area contributed by atoms with E-state index in [1.165, 1.54) is 0 Å². The number of aliphatic carboxylic acids is 2. The molecule has 0 aliphatic rings.